The van der Waals surface area contributed by atoms with Gasteiger partial charge in [0.05, 0.1) is 0 Å². The first-order valence-corrected chi connectivity index (χ1v) is 6.56. The van der Waals surface area contributed by atoms with Crippen molar-refractivity contribution in [2.75, 3.05) is 26.2 Å². The summed E-state index contributed by atoms with van der Waals surface area (Å²) in [4.78, 5) is 5.34. The SMILES string of the molecule is CC(C)CCN1CC2CN(C(C)C)C2C1. The molecule has 0 bridgehead atoms. The van der Waals surface area contributed by atoms with Gasteiger partial charge < -0.3 is 4.90 Å². The fourth-order valence-electron chi connectivity index (χ4n) is 2.98. The van der Waals surface area contributed by atoms with Crippen molar-refractivity contribution in [1.82, 2.24) is 9.80 Å². The molecular formula is C13H26N2. The van der Waals surface area contributed by atoms with Gasteiger partial charge in [-0.1, -0.05) is 13.8 Å². The number of rotatable bonds is 4. The Kier molecular flexibility index (Phi) is 3.36. The van der Waals surface area contributed by atoms with Gasteiger partial charge in [-0.05, 0) is 32.7 Å². The molecule has 0 N–H and O–H groups in total. The Morgan fingerprint density at radius 1 is 1.07 bits per heavy atom. The zero-order valence-electron chi connectivity index (χ0n) is 10.7. The molecule has 2 aliphatic rings. The summed E-state index contributed by atoms with van der Waals surface area (Å²) >= 11 is 0. The lowest BCUT2D eigenvalue weighted by molar-refractivity contribution is 0.0216. The van der Waals surface area contributed by atoms with Gasteiger partial charge >= 0.3 is 0 Å². The second kappa shape index (κ2) is 4.42. The van der Waals surface area contributed by atoms with Gasteiger partial charge in [-0.3, -0.25) is 4.90 Å². The first-order chi connectivity index (χ1) is 7.08. The highest BCUT2D eigenvalue weighted by Crippen LogP contribution is 2.33. The number of hydrogen-bond donors (Lipinski definition) is 0. The van der Waals surface area contributed by atoms with Crippen molar-refractivity contribution in [3.05, 3.63) is 0 Å². The topological polar surface area (TPSA) is 6.48 Å². The molecule has 2 saturated heterocycles. The summed E-state index contributed by atoms with van der Waals surface area (Å²) < 4.78 is 0. The highest BCUT2D eigenvalue weighted by atomic mass is 15.3. The summed E-state index contributed by atoms with van der Waals surface area (Å²) in [6.45, 7) is 14.7. The van der Waals surface area contributed by atoms with Crippen LogP contribution in [0.1, 0.15) is 34.1 Å². The van der Waals surface area contributed by atoms with E-state index in [-0.39, 0.29) is 0 Å². The Bertz CT molecular complexity index is 213. The highest BCUT2D eigenvalue weighted by Gasteiger charge is 2.45. The average Bonchev–Trinajstić information content (AvgIpc) is 2.41. The van der Waals surface area contributed by atoms with Crippen LogP contribution in [0.4, 0.5) is 0 Å². The van der Waals surface area contributed by atoms with Crippen LogP contribution in [0, 0.1) is 11.8 Å². The molecule has 0 amide bonds. The molecule has 15 heavy (non-hydrogen) atoms. The predicted octanol–water partition coefficient (Wildman–Crippen LogP) is 2.06. The quantitative estimate of drug-likeness (QED) is 0.701. The molecule has 0 aromatic carbocycles. The van der Waals surface area contributed by atoms with Crippen molar-refractivity contribution in [2.45, 2.75) is 46.2 Å². The fraction of sp³-hybridized carbons (Fsp3) is 1.00. The number of hydrogen-bond acceptors (Lipinski definition) is 2. The summed E-state index contributed by atoms with van der Waals surface area (Å²) in [5, 5.41) is 0. The summed E-state index contributed by atoms with van der Waals surface area (Å²) in [5.74, 6) is 1.84. The van der Waals surface area contributed by atoms with Gasteiger partial charge in [-0.15, -0.1) is 0 Å². The largest absolute Gasteiger partial charge is 0.301 e. The lowest BCUT2D eigenvalue weighted by Gasteiger charge is -2.46. The van der Waals surface area contributed by atoms with Gasteiger partial charge in [0.15, 0.2) is 0 Å². The molecule has 0 aromatic heterocycles. The molecule has 0 saturated carbocycles. The summed E-state index contributed by atoms with van der Waals surface area (Å²) in [6, 6.07) is 1.63. The van der Waals surface area contributed by atoms with E-state index in [2.05, 4.69) is 37.5 Å². The smallest absolute Gasteiger partial charge is 0.0278 e. The molecule has 2 nitrogen and oxygen atoms in total. The van der Waals surface area contributed by atoms with Gasteiger partial charge in [0, 0.05) is 37.6 Å². The van der Waals surface area contributed by atoms with Gasteiger partial charge in [-0.25, -0.2) is 0 Å². The van der Waals surface area contributed by atoms with Crippen LogP contribution in [-0.4, -0.2) is 48.1 Å². The molecule has 0 aliphatic carbocycles. The zero-order valence-corrected chi connectivity index (χ0v) is 10.7. The Balaban J connectivity index is 1.76. The number of fused-ring (bicyclic) bond motifs is 1. The van der Waals surface area contributed by atoms with Crippen molar-refractivity contribution in [3.63, 3.8) is 0 Å². The van der Waals surface area contributed by atoms with Gasteiger partial charge in [0.1, 0.15) is 0 Å². The summed E-state index contributed by atoms with van der Waals surface area (Å²) in [5.41, 5.74) is 0. The molecule has 2 fully saturated rings. The van der Waals surface area contributed by atoms with E-state index in [0.717, 1.165) is 23.9 Å². The maximum Gasteiger partial charge on any atom is 0.0278 e. The third-order valence-electron chi connectivity index (χ3n) is 4.04. The second-order valence-electron chi connectivity index (χ2n) is 6.06. The molecule has 2 aliphatic heterocycles. The van der Waals surface area contributed by atoms with Crippen LogP contribution in [0.2, 0.25) is 0 Å². The maximum atomic E-state index is 2.68. The van der Waals surface area contributed by atoms with Crippen LogP contribution in [0.3, 0.4) is 0 Å². The van der Waals surface area contributed by atoms with E-state index in [0.29, 0.717) is 0 Å². The van der Waals surface area contributed by atoms with Crippen LogP contribution in [0.15, 0.2) is 0 Å². The molecule has 2 heterocycles. The second-order valence-corrected chi connectivity index (χ2v) is 6.06. The standard InChI is InChI=1S/C13H26N2/c1-10(2)5-6-14-7-12-8-15(11(3)4)13(12)9-14/h10-13H,5-9H2,1-4H3. The van der Waals surface area contributed by atoms with Gasteiger partial charge in [0.25, 0.3) is 0 Å². The molecule has 0 aromatic rings. The van der Waals surface area contributed by atoms with Crippen molar-refractivity contribution >= 4 is 0 Å². The highest BCUT2D eigenvalue weighted by molar-refractivity contribution is 5.01. The molecular weight excluding hydrogens is 184 g/mol. The van der Waals surface area contributed by atoms with E-state index >= 15 is 0 Å². The number of nitrogens with zero attached hydrogens (tertiary/aromatic N) is 2. The Hall–Kier alpha value is -0.0800. The molecule has 2 unspecified atom stereocenters. The minimum absolute atomic E-state index is 0.747. The van der Waals surface area contributed by atoms with Crippen molar-refractivity contribution < 1.29 is 0 Å². The van der Waals surface area contributed by atoms with Crippen molar-refractivity contribution in [3.8, 4) is 0 Å². The minimum atomic E-state index is 0.747. The van der Waals surface area contributed by atoms with E-state index in [9.17, 15) is 0 Å². The summed E-state index contributed by atoms with van der Waals surface area (Å²) in [6.07, 6.45) is 1.36. The Labute approximate surface area is 94.6 Å². The lowest BCUT2D eigenvalue weighted by Crippen LogP contribution is -2.58. The molecule has 0 spiro atoms. The van der Waals surface area contributed by atoms with E-state index in [4.69, 9.17) is 0 Å². The molecule has 2 heteroatoms. The van der Waals surface area contributed by atoms with Crippen LogP contribution in [0.5, 0.6) is 0 Å². The maximum absolute atomic E-state index is 2.68. The lowest BCUT2D eigenvalue weighted by atomic mass is 9.90. The Morgan fingerprint density at radius 2 is 1.80 bits per heavy atom. The van der Waals surface area contributed by atoms with E-state index in [1.54, 1.807) is 0 Å². The number of likely N-dealkylation sites (tertiary alicyclic amines) is 2. The monoisotopic (exact) mass is 210 g/mol. The fourth-order valence-corrected chi connectivity index (χ4v) is 2.98. The van der Waals surface area contributed by atoms with E-state index < -0.39 is 0 Å². The molecule has 2 rings (SSSR count). The van der Waals surface area contributed by atoms with E-state index in [1.807, 2.05) is 0 Å². The first kappa shape index (κ1) is 11.4. The van der Waals surface area contributed by atoms with Crippen molar-refractivity contribution in [2.24, 2.45) is 11.8 Å². The normalized spacial score (nSPS) is 32.4. The molecule has 0 radical (unpaired) electrons. The van der Waals surface area contributed by atoms with Crippen molar-refractivity contribution in [1.29, 1.82) is 0 Å². The predicted molar refractivity (Wildman–Crippen MR) is 65.0 cm³/mol. The zero-order chi connectivity index (χ0) is 11.0. The molecule has 2 atom stereocenters. The van der Waals surface area contributed by atoms with Gasteiger partial charge in [-0.2, -0.15) is 0 Å². The third-order valence-corrected chi connectivity index (χ3v) is 4.04. The van der Waals surface area contributed by atoms with Crippen LogP contribution >= 0.6 is 0 Å². The van der Waals surface area contributed by atoms with Gasteiger partial charge in [0.2, 0.25) is 0 Å². The molecule has 88 valence electrons. The first-order valence-electron chi connectivity index (χ1n) is 6.56. The minimum Gasteiger partial charge on any atom is -0.301 e. The van der Waals surface area contributed by atoms with E-state index in [1.165, 1.54) is 32.6 Å². The van der Waals surface area contributed by atoms with Crippen LogP contribution in [0.25, 0.3) is 0 Å². The Morgan fingerprint density at radius 3 is 2.40 bits per heavy atom. The third kappa shape index (κ3) is 2.36. The van der Waals surface area contributed by atoms with Crippen LogP contribution in [-0.2, 0) is 0 Å². The summed E-state index contributed by atoms with van der Waals surface area (Å²) in [7, 11) is 0. The average molecular weight is 210 g/mol. The van der Waals surface area contributed by atoms with Crippen LogP contribution < -0.4 is 0 Å².